The van der Waals surface area contributed by atoms with E-state index in [4.69, 9.17) is 0 Å². The van der Waals surface area contributed by atoms with Crippen LogP contribution in [0, 0.1) is 0 Å². The van der Waals surface area contributed by atoms with Crippen LogP contribution in [0.5, 0.6) is 0 Å². The second-order valence-electron chi connectivity index (χ2n) is 8.15. The van der Waals surface area contributed by atoms with Crippen molar-refractivity contribution >= 4 is 17.7 Å². The summed E-state index contributed by atoms with van der Waals surface area (Å²) in [6.07, 6.45) is 1.61. The lowest BCUT2D eigenvalue weighted by atomic mass is 10.2. The molecule has 1 saturated heterocycles. The first-order valence-corrected chi connectivity index (χ1v) is 10.5. The van der Waals surface area contributed by atoms with Crippen LogP contribution < -0.4 is 0 Å². The van der Waals surface area contributed by atoms with Crippen molar-refractivity contribution in [2.24, 2.45) is 0 Å². The standard InChI is InChI=1S/C20H38N4O5/c1-17(2)24-9-5-8-22(15-19(26)27)11-10-21(14-18(3)25)6-4-7-23(12-13-24)16-20(28)29/h17H,4-16H2,1-3H3,(H,26,27)(H,28,29). The van der Waals surface area contributed by atoms with Gasteiger partial charge in [-0.1, -0.05) is 0 Å². The van der Waals surface area contributed by atoms with Gasteiger partial charge in [0.05, 0.1) is 19.6 Å². The Morgan fingerprint density at radius 2 is 1.10 bits per heavy atom. The number of aliphatic carboxylic acids is 2. The minimum absolute atomic E-state index is 0.00196. The number of nitrogens with zero attached hydrogens (tertiary/aromatic N) is 4. The van der Waals surface area contributed by atoms with Gasteiger partial charge in [-0.05, 0) is 46.7 Å². The second kappa shape index (κ2) is 13.6. The molecule has 0 aliphatic carbocycles. The summed E-state index contributed by atoms with van der Waals surface area (Å²) in [7, 11) is 0. The number of rotatable bonds is 7. The van der Waals surface area contributed by atoms with Crippen molar-refractivity contribution in [3.63, 3.8) is 0 Å². The Morgan fingerprint density at radius 3 is 1.52 bits per heavy atom. The van der Waals surface area contributed by atoms with E-state index in [1.54, 1.807) is 6.92 Å². The maximum atomic E-state index is 11.6. The molecule has 0 unspecified atom stereocenters. The van der Waals surface area contributed by atoms with E-state index >= 15 is 0 Å². The highest BCUT2D eigenvalue weighted by molar-refractivity contribution is 5.77. The zero-order valence-electron chi connectivity index (χ0n) is 18.2. The van der Waals surface area contributed by atoms with Crippen LogP contribution in [0.15, 0.2) is 0 Å². The van der Waals surface area contributed by atoms with Gasteiger partial charge in [-0.15, -0.1) is 0 Å². The lowest BCUT2D eigenvalue weighted by molar-refractivity contribution is -0.139. The molecule has 9 nitrogen and oxygen atoms in total. The Bertz CT molecular complexity index is 529. The molecular weight excluding hydrogens is 376 g/mol. The van der Waals surface area contributed by atoms with Crippen molar-refractivity contribution in [1.29, 1.82) is 0 Å². The van der Waals surface area contributed by atoms with Crippen molar-refractivity contribution in [1.82, 2.24) is 19.6 Å². The predicted molar refractivity (Wildman–Crippen MR) is 111 cm³/mol. The van der Waals surface area contributed by atoms with E-state index in [1.807, 2.05) is 14.7 Å². The number of carbonyl (C=O) groups excluding carboxylic acids is 1. The monoisotopic (exact) mass is 414 g/mol. The first-order valence-electron chi connectivity index (χ1n) is 10.5. The lowest BCUT2D eigenvalue weighted by Crippen LogP contribution is -2.45. The fourth-order valence-electron chi connectivity index (χ4n) is 3.70. The fraction of sp³-hybridized carbons (Fsp3) is 0.850. The quantitative estimate of drug-likeness (QED) is 0.602. The summed E-state index contributed by atoms with van der Waals surface area (Å²) in [5.74, 6) is -1.59. The largest absolute Gasteiger partial charge is 0.480 e. The average Bonchev–Trinajstić information content (AvgIpc) is 2.59. The van der Waals surface area contributed by atoms with Gasteiger partial charge < -0.3 is 10.2 Å². The lowest BCUT2D eigenvalue weighted by Gasteiger charge is -2.32. The molecule has 2 N–H and O–H groups in total. The van der Waals surface area contributed by atoms with Crippen LogP contribution in [0.1, 0.15) is 33.6 Å². The summed E-state index contributed by atoms with van der Waals surface area (Å²) >= 11 is 0. The molecule has 0 radical (unpaired) electrons. The SMILES string of the molecule is CC(=O)CN1CCCN(CC(=O)O)CCN(C(C)C)CCCN(CC(=O)O)CC1. The maximum absolute atomic E-state index is 11.6. The first-order chi connectivity index (χ1) is 13.7. The van der Waals surface area contributed by atoms with Crippen LogP contribution >= 0.6 is 0 Å². The normalized spacial score (nSPS) is 20.4. The van der Waals surface area contributed by atoms with Gasteiger partial charge in [0.25, 0.3) is 0 Å². The van der Waals surface area contributed by atoms with Crippen LogP contribution in [0.25, 0.3) is 0 Å². The molecule has 1 fully saturated rings. The molecular formula is C20H38N4O5. The van der Waals surface area contributed by atoms with Crippen LogP contribution in [0.4, 0.5) is 0 Å². The molecule has 0 aromatic carbocycles. The number of carboxylic acid groups (broad SMARTS) is 2. The maximum Gasteiger partial charge on any atom is 0.317 e. The Kier molecular flexibility index (Phi) is 12.0. The molecule has 29 heavy (non-hydrogen) atoms. The van der Waals surface area contributed by atoms with Crippen molar-refractivity contribution in [3.8, 4) is 0 Å². The molecule has 0 saturated carbocycles. The summed E-state index contributed by atoms with van der Waals surface area (Å²) in [5, 5.41) is 18.4. The Hall–Kier alpha value is -1.55. The molecule has 0 bridgehead atoms. The van der Waals surface area contributed by atoms with Crippen LogP contribution in [0.3, 0.4) is 0 Å². The Labute approximate surface area is 174 Å². The number of carboxylic acids is 2. The molecule has 0 atom stereocenters. The van der Waals surface area contributed by atoms with Crippen LogP contribution in [0.2, 0.25) is 0 Å². The molecule has 0 aromatic rings. The highest BCUT2D eigenvalue weighted by Crippen LogP contribution is 2.05. The van der Waals surface area contributed by atoms with Gasteiger partial charge in [0.15, 0.2) is 0 Å². The van der Waals surface area contributed by atoms with Gasteiger partial charge in [0.1, 0.15) is 5.78 Å². The van der Waals surface area contributed by atoms with Crippen molar-refractivity contribution < 1.29 is 24.6 Å². The van der Waals surface area contributed by atoms with E-state index in [-0.39, 0.29) is 18.9 Å². The van der Waals surface area contributed by atoms with E-state index in [1.165, 1.54) is 0 Å². The molecule has 0 spiro atoms. The minimum atomic E-state index is -0.839. The van der Waals surface area contributed by atoms with Gasteiger partial charge in [0.2, 0.25) is 0 Å². The van der Waals surface area contributed by atoms with E-state index < -0.39 is 11.9 Å². The summed E-state index contributed by atoms with van der Waals surface area (Å²) in [6, 6.07) is 0.341. The van der Waals surface area contributed by atoms with Crippen molar-refractivity contribution in [2.45, 2.75) is 39.7 Å². The van der Waals surface area contributed by atoms with E-state index in [9.17, 15) is 24.6 Å². The topological polar surface area (TPSA) is 105 Å². The molecule has 1 heterocycles. The Morgan fingerprint density at radius 1 is 0.690 bits per heavy atom. The van der Waals surface area contributed by atoms with Gasteiger partial charge in [-0.25, -0.2) is 0 Å². The number of hydrogen-bond donors (Lipinski definition) is 2. The number of Topliss-reactive ketones (excluding diaryl/α,β-unsaturated/α-hetero) is 1. The van der Waals surface area contributed by atoms with E-state index in [2.05, 4.69) is 18.7 Å². The Balaban J connectivity index is 2.85. The fourth-order valence-corrected chi connectivity index (χ4v) is 3.70. The third kappa shape index (κ3) is 11.9. The highest BCUT2D eigenvalue weighted by Gasteiger charge is 2.18. The van der Waals surface area contributed by atoms with E-state index in [0.717, 1.165) is 25.9 Å². The summed E-state index contributed by atoms with van der Waals surface area (Å²) in [6.45, 7) is 11.7. The minimum Gasteiger partial charge on any atom is -0.480 e. The molecule has 0 aromatic heterocycles. The summed E-state index contributed by atoms with van der Waals surface area (Å²) < 4.78 is 0. The summed E-state index contributed by atoms with van der Waals surface area (Å²) in [4.78, 5) is 42.3. The predicted octanol–water partition coefficient (Wildman–Crippen LogP) is 0.155. The zero-order valence-corrected chi connectivity index (χ0v) is 18.2. The van der Waals surface area contributed by atoms with Crippen LogP contribution in [-0.2, 0) is 14.4 Å². The first kappa shape index (κ1) is 25.5. The third-order valence-corrected chi connectivity index (χ3v) is 5.20. The van der Waals surface area contributed by atoms with Crippen molar-refractivity contribution in [2.75, 3.05) is 72.0 Å². The van der Waals surface area contributed by atoms with Gasteiger partial charge in [-0.2, -0.15) is 0 Å². The smallest absolute Gasteiger partial charge is 0.317 e. The molecule has 9 heteroatoms. The van der Waals surface area contributed by atoms with Crippen molar-refractivity contribution in [3.05, 3.63) is 0 Å². The average molecular weight is 415 g/mol. The molecule has 0 amide bonds. The summed E-state index contributed by atoms with van der Waals surface area (Å²) in [5.41, 5.74) is 0. The number of carbonyl (C=O) groups is 3. The highest BCUT2D eigenvalue weighted by atomic mass is 16.4. The molecule has 1 aliphatic heterocycles. The number of ketones is 1. The van der Waals surface area contributed by atoms with Gasteiger partial charge in [0, 0.05) is 45.3 Å². The molecule has 1 aliphatic rings. The molecule has 168 valence electrons. The number of hydrogen-bond acceptors (Lipinski definition) is 7. The van der Waals surface area contributed by atoms with Gasteiger partial charge >= 0.3 is 11.9 Å². The van der Waals surface area contributed by atoms with Crippen LogP contribution in [-0.4, -0.2) is 126 Å². The second-order valence-corrected chi connectivity index (χ2v) is 8.15. The van der Waals surface area contributed by atoms with E-state index in [0.29, 0.717) is 51.9 Å². The zero-order chi connectivity index (χ0) is 21.8. The van der Waals surface area contributed by atoms with Gasteiger partial charge in [-0.3, -0.25) is 34.0 Å². The third-order valence-electron chi connectivity index (χ3n) is 5.20. The molecule has 1 rings (SSSR count).